The Hall–Kier alpha value is -2.67. The standard InChI is InChI=1S/C29H34N2O3S/c32-25(20-30-17-13-23(14-18-30)28-19-24-8-2-4-10-27(24)35-28)21-34-26-9-3-1-7-22(26)11-12-29(33)31-15-5-6-16-31/h1-4,7-12,19,23,25,32H,5-6,13-18,20-21H2. The summed E-state index contributed by atoms with van der Waals surface area (Å²) in [6.07, 6.45) is 7.31. The first-order valence-electron chi connectivity index (χ1n) is 12.7. The van der Waals surface area contributed by atoms with Crippen molar-refractivity contribution in [2.75, 3.05) is 39.3 Å². The normalized spacial score (nSPS) is 18.5. The summed E-state index contributed by atoms with van der Waals surface area (Å²) in [6.45, 7) is 4.53. The zero-order chi connectivity index (χ0) is 24.0. The number of thiophene rings is 1. The van der Waals surface area contributed by atoms with Crippen LogP contribution in [0.5, 0.6) is 5.75 Å². The van der Waals surface area contributed by atoms with Gasteiger partial charge in [-0.25, -0.2) is 0 Å². The van der Waals surface area contributed by atoms with Crippen LogP contribution in [0.4, 0.5) is 0 Å². The van der Waals surface area contributed by atoms with Crippen molar-refractivity contribution in [3.8, 4) is 5.75 Å². The fourth-order valence-corrected chi connectivity index (χ4v) is 6.33. The lowest BCUT2D eigenvalue weighted by molar-refractivity contribution is -0.124. The number of benzene rings is 2. The first-order chi connectivity index (χ1) is 17.2. The van der Waals surface area contributed by atoms with Gasteiger partial charge in [-0.1, -0.05) is 36.4 Å². The Morgan fingerprint density at radius 2 is 1.80 bits per heavy atom. The highest BCUT2D eigenvalue weighted by atomic mass is 32.1. The maximum Gasteiger partial charge on any atom is 0.246 e. The summed E-state index contributed by atoms with van der Waals surface area (Å²) in [7, 11) is 0. The van der Waals surface area contributed by atoms with Crippen LogP contribution in [-0.4, -0.2) is 66.2 Å². The van der Waals surface area contributed by atoms with Gasteiger partial charge >= 0.3 is 0 Å². The van der Waals surface area contributed by atoms with E-state index in [4.69, 9.17) is 4.74 Å². The van der Waals surface area contributed by atoms with Gasteiger partial charge in [-0.05, 0) is 74.4 Å². The fraction of sp³-hybridized carbons (Fsp3) is 0.414. The molecular formula is C29H34N2O3S. The van der Waals surface area contributed by atoms with Gasteiger partial charge in [-0.2, -0.15) is 0 Å². The van der Waals surface area contributed by atoms with Crippen molar-refractivity contribution in [1.29, 1.82) is 0 Å². The molecule has 3 aromatic rings. The molecule has 2 aliphatic heterocycles. The number of likely N-dealkylation sites (tertiary alicyclic amines) is 2. The highest BCUT2D eigenvalue weighted by Crippen LogP contribution is 2.36. The Kier molecular flexibility index (Phi) is 7.82. The van der Waals surface area contributed by atoms with Crippen LogP contribution in [0.15, 0.2) is 60.7 Å². The number of carbonyl (C=O) groups excluding carboxylic acids is 1. The SMILES string of the molecule is O=C(C=Cc1ccccc1OCC(O)CN1CCC(c2cc3ccccc3s2)CC1)N1CCCC1. The van der Waals surface area contributed by atoms with Crippen molar-refractivity contribution in [1.82, 2.24) is 9.80 Å². The van der Waals surface area contributed by atoms with Crippen LogP contribution < -0.4 is 4.74 Å². The number of β-amino-alcohol motifs (C(OH)–C–C–N with tert-alkyl or cyclic N) is 1. The van der Waals surface area contributed by atoms with E-state index in [0.29, 0.717) is 18.2 Å². The maximum absolute atomic E-state index is 12.3. The molecule has 184 valence electrons. The summed E-state index contributed by atoms with van der Waals surface area (Å²) in [4.78, 5) is 18.0. The molecule has 0 saturated carbocycles. The van der Waals surface area contributed by atoms with Crippen LogP contribution in [0, 0.1) is 0 Å². The molecule has 1 unspecified atom stereocenters. The van der Waals surface area contributed by atoms with Crippen LogP contribution in [-0.2, 0) is 4.79 Å². The highest BCUT2D eigenvalue weighted by molar-refractivity contribution is 7.19. The topological polar surface area (TPSA) is 53.0 Å². The zero-order valence-electron chi connectivity index (χ0n) is 20.1. The van der Waals surface area contributed by atoms with Crippen LogP contribution in [0.1, 0.15) is 42.0 Å². The summed E-state index contributed by atoms with van der Waals surface area (Å²) in [5, 5.41) is 12.0. The highest BCUT2D eigenvalue weighted by Gasteiger charge is 2.24. The van der Waals surface area contributed by atoms with Crippen molar-refractivity contribution in [2.24, 2.45) is 0 Å². The number of para-hydroxylation sites is 1. The molecule has 2 aliphatic rings. The van der Waals surface area contributed by atoms with E-state index >= 15 is 0 Å². The van der Waals surface area contributed by atoms with Gasteiger partial charge in [0.15, 0.2) is 0 Å². The van der Waals surface area contributed by atoms with Crippen LogP contribution in [0.3, 0.4) is 0 Å². The number of ether oxygens (including phenoxy) is 1. The van der Waals surface area contributed by atoms with Gasteiger partial charge in [0.25, 0.3) is 0 Å². The van der Waals surface area contributed by atoms with E-state index in [0.717, 1.165) is 57.4 Å². The molecule has 0 bridgehead atoms. The Labute approximate surface area is 211 Å². The molecule has 2 saturated heterocycles. The molecule has 0 radical (unpaired) electrons. The van der Waals surface area contributed by atoms with Gasteiger partial charge in [-0.15, -0.1) is 11.3 Å². The molecule has 5 nitrogen and oxygen atoms in total. The molecule has 5 rings (SSSR count). The molecule has 1 atom stereocenters. The third kappa shape index (κ3) is 6.13. The third-order valence-corrected chi connectivity index (χ3v) is 8.36. The Morgan fingerprint density at radius 1 is 1.06 bits per heavy atom. The number of hydrogen-bond acceptors (Lipinski definition) is 5. The molecule has 2 fully saturated rings. The third-order valence-electron chi connectivity index (χ3n) is 7.08. The molecule has 1 amide bonds. The van der Waals surface area contributed by atoms with Crippen molar-refractivity contribution >= 4 is 33.4 Å². The van der Waals surface area contributed by atoms with Gasteiger partial charge in [0.05, 0.1) is 0 Å². The average Bonchev–Trinajstić information content (AvgIpc) is 3.57. The van der Waals surface area contributed by atoms with Crippen LogP contribution in [0.25, 0.3) is 16.2 Å². The number of amides is 1. The summed E-state index contributed by atoms with van der Waals surface area (Å²) in [6, 6.07) is 18.6. The number of fused-ring (bicyclic) bond motifs is 1. The minimum Gasteiger partial charge on any atom is -0.490 e. The second-order valence-corrected chi connectivity index (χ2v) is 10.7. The monoisotopic (exact) mass is 490 g/mol. The van der Waals surface area contributed by atoms with Gasteiger partial charge in [0, 0.05) is 40.9 Å². The van der Waals surface area contributed by atoms with Gasteiger partial charge in [0.1, 0.15) is 18.5 Å². The first kappa shape index (κ1) is 24.0. The van der Waals surface area contributed by atoms with Crippen molar-refractivity contribution in [2.45, 2.75) is 37.7 Å². The number of nitrogens with zero attached hydrogens (tertiary/aromatic N) is 2. The number of hydrogen-bond donors (Lipinski definition) is 1. The lowest BCUT2D eigenvalue weighted by Gasteiger charge is -2.32. The van der Waals surface area contributed by atoms with Crippen LogP contribution >= 0.6 is 11.3 Å². The molecule has 6 heteroatoms. The number of aliphatic hydroxyl groups excluding tert-OH is 1. The van der Waals surface area contributed by atoms with Crippen molar-refractivity contribution in [3.05, 3.63) is 71.1 Å². The smallest absolute Gasteiger partial charge is 0.246 e. The second-order valence-electron chi connectivity index (χ2n) is 9.63. The average molecular weight is 491 g/mol. The second kappa shape index (κ2) is 11.4. The van der Waals surface area contributed by atoms with E-state index in [1.807, 2.05) is 46.6 Å². The largest absolute Gasteiger partial charge is 0.490 e. The molecule has 0 spiro atoms. The molecule has 35 heavy (non-hydrogen) atoms. The molecule has 3 heterocycles. The van der Waals surface area contributed by atoms with Gasteiger partial charge in [0.2, 0.25) is 5.91 Å². The summed E-state index contributed by atoms with van der Waals surface area (Å²) in [5.41, 5.74) is 0.858. The van der Waals surface area contributed by atoms with E-state index in [2.05, 4.69) is 35.2 Å². The summed E-state index contributed by atoms with van der Waals surface area (Å²) in [5.74, 6) is 1.36. The predicted molar refractivity (Wildman–Crippen MR) is 143 cm³/mol. The van der Waals surface area contributed by atoms with Crippen LogP contribution in [0.2, 0.25) is 0 Å². The summed E-state index contributed by atoms with van der Waals surface area (Å²) < 4.78 is 7.34. The molecule has 1 N–H and O–H groups in total. The lowest BCUT2D eigenvalue weighted by Crippen LogP contribution is -2.40. The zero-order valence-corrected chi connectivity index (χ0v) is 21.0. The first-order valence-corrected chi connectivity index (χ1v) is 13.5. The van der Waals surface area contributed by atoms with E-state index in [1.54, 1.807) is 6.08 Å². The predicted octanol–water partition coefficient (Wildman–Crippen LogP) is 5.16. The molecular weight excluding hydrogens is 456 g/mol. The fourth-order valence-electron chi connectivity index (χ4n) is 5.09. The maximum atomic E-state index is 12.3. The number of aliphatic hydroxyl groups is 1. The molecule has 0 aliphatic carbocycles. The number of rotatable bonds is 8. The Bertz CT molecular complexity index is 1130. The van der Waals surface area contributed by atoms with E-state index in [9.17, 15) is 9.90 Å². The minimum atomic E-state index is -0.556. The number of carbonyl (C=O) groups is 1. The Balaban J connectivity index is 1.09. The van der Waals surface area contributed by atoms with E-state index in [1.165, 1.54) is 15.0 Å². The molecule has 2 aromatic carbocycles. The lowest BCUT2D eigenvalue weighted by atomic mass is 9.95. The van der Waals surface area contributed by atoms with E-state index in [-0.39, 0.29) is 12.5 Å². The minimum absolute atomic E-state index is 0.0522. The van der Waals surface area contributed by atoms with Gasteiger partial charge < -0.3 is 19.6 Å². The molecule has 1 aromatic heterocycles. The quantitative estimate of drug-likeness (QED) is 0.444. The van der Waals surface area contributed by atoms with E-state index < -0.39 is 6.10 Å². The summed E-state index contributed by atoms with van der Waals surface area (Å²) >= 11 is 1.92. The number of piperidine rings is 1. The Morgan fingerprint density at radius 3 is 2.60 bits per heavy atom. The van der Waals surface area contributed by atoms with Crippen molar-refractivity contribution in [3.63, 3.8) is 0 Å². The van der Waals surface area contributed by atoms with Crippen molar-refractivity contribution < 1.29 is 14.6 Å². The van der Waals surface area contributed by atoms with Gasteiger partial charge in [-0.3, -0.25) is 4.79 Å².